The van der Waals surface area contributed by atoms with Crippen molar-refractivity contribution >= 4 is 15.9 Å². The van der Waals surface area contributed by atoms with Gasteiger partial charge in [0.2, 0.25) is 0 Å². The highest BCUT2D eigenvalue weighted by Crippen LogP contribution is 2.19. The first kappa shape index (κ1) is 12.4. The Balaban J connectivity index is 2.57. The summed E-state index contributed by atoms with van der Waals surface area (Å²) in [4.78, 5) is 0. The topological polar surface area (TPSA) is 9.23 Å². The predicted molar refractivity (Wildman–Crippen MR) is 59.4 cm³/mol. The van der Waals surface area contributed by atoms with E-state index in [1.807, 2.05) is 6.92 Å². The van der Waals surface area contributed by atoms with Gasteiger partial charge >= 0.3 is 0 Å². The second-order valence-electron chi connectivity index (χ2n) is 3.31. The van der Waals surface area contributed by atoms with E-state index in [2.05, 4.69) is 15.9 Å². The van der Waals surface area contributed by atoms with Crippen LogP contribution in [0.3, 0.4) is 0 Å². The lowest BCUT2D eigenvalue weighted by Gasteiger charge is -2.13. The van der Waals surface area contributed by atoms with E-state index in [1.54, 1.807) is 0 Å². The summed E-state index contributed by atoms with van der Waals surface area (Å²) in [6, 6.07) is 3.32. The van der Waals surface area contributed by atoms with Crippen LogP contribution in [-0.4, -0.2) is 11.9 Å². The average Bonchev–Trinajstić information content (AvgIpc) is 2.22. The Kier molecular flexibility index (Phi) is 5.02. The van der Waals surface area contributed by atoms with Crippen molar-refractivity contribution in [3.8, 4) is 5.75 Å². The molecule has 0 bridgehead atoms. The van der Waals surface area contributed by atoms with Gasteiger partial charge < -0.3 is 4.74 Å². The van der Waals surface area contributed by atoms with Crippen molar-refractivity contribution in [1.82, 2.24) is 0 Å². The van der Waals surface area contributed by atoms with E-state index < -0.39 is 11.6 Å². The number of halogens is 3. The Morgan fingerprint density at radius 2 is 2.13 bits per heavy atom. The highest BCUT2D eigenvalue weighted by atomic mass is 79.9. The van der Waals surface area contributed by atoms with E-state index in [-0.39, 0.29) is 5.75 Å². The number of rotatable bonds is 5. The van der Waals surface area contributed by atoms with Crippen LogP contribution in [0.4, 0.5) is 8.78 Å². The Bertz CT molecular complexity index is 313. The van der Waals surface area contributed by atoms with Crippen molar-refractivity contribution < 1.29 is 13.5 Å². The molecule has 0 radical (unpaired) electrons. The molecule has 1 unspecified atom stereocenters. The predicted octanol–water partition coefficient (Wildman–Crippen LogP) is 3.76. The maximum Gasteiger partial charge on any atom is 0.167 e. The molecule has 0 N–H and O–H groups in total. The first-order valence-electron chi connectivity index (χ1n) is 4.81. The SMILES string of the molecule is CCC(CBr)COc1ccc(F)cc1F. The Morgan fingerprint density at radius 3 is 2.67 bits per heavy atom. The lowest BCUT2D eigenvalue weighted by molar-refractivity contribution is 0.249. The minimum atomic E-state index is -0.653. The molecule has 0 aliphatic heterocycles. The summed E-state index contributed by atoms with van der Waals surface area (Å²) < 4.78 is 31.0. The van der Waals surface area contributed by atoms with Gasteiger partial charge in [-0.1, -0.05) is 22.9 Å². The lowest BCUT2D eigenvalue weighted by atomic mass is 10.1. The lowest BCUT2D eigenvalue weighted by Crippen LogP contribution is -2.13. The largest absolute Gasteiger partial charge is 0.490 e. The van der Waals surface area contributed by atoms with Gasteiger partial charge in [-0.05, 0) is 18.6 Å². The minimum Gasteiger partial charge on any atom is -0.490 e. The standard InChI is InChI=1S/C11H13BrF2O/c1-2-8(6-12)7-15-11-4-3-9(13)5-10(11)14/h3-5,8H,2,6-7H2,1H3. The molecular formula is C11H13BrF2O. The second kappa shape index (κ2) is 6.05. The third kappa shape index (κ3) is 3.78. The van der Waals surface area contributed by atoms with Crippen LogP contribution >= 0.6 is 15.9 Å². The molecule has 0 spiro atoms. The molecule has 15 heavy (non-hydrogen) atoms. The Morgan fingerprint density at radius 1 is 1.40 bits per heavy atom. The Labute approximate surface area is 96.6 Å². The maximum absolute atomic E-state index is 13.1. The number of alkyl halides is 1. The summed E-state index contributed by atoms with van der Waals surface area (Å²) in [6.07, 6.45) is 0.952. The third-order valence-electron chi connectivity index (χ3n) is 2.16. The molecule has 1 nitrogen and oxygen atoms in total. The molecule has 84 valence electrons. The van der Waals surface area contributed by atoms with E-state index in [0.717, 1.165) is 17.8 Å². The molecule has 4 heteroatoms. The van der Waals surface area contributed by atoms with Crippen LogP contribution in [-0.2, 0) is 0 Å². The van der Waals surface area contributed by atoms with E-state index in [4.69, 9.17) is 4.74 Å². The quantitative estimate of drug-likeness (QED) is 0.745. The van der Waals surface area contributed by atoms with Gasteiger partial charge in [0.25, 0.3) is 0 Å². The first-order valence-corrected chi connectivity index (χ1v) is 5.93. The fraction of sp³-hybridized carbons (Fsp3) is 0.455. The van der Waals surface area contributed by atoms with Crippen LogP contribution in [0.25, 0.3) is 0 Å². The molecule has 1 rings (SSSR count). The van der Waals surface area contributed by atoms with Gasteiger partial charge in [0.05, 0.1) is 6.61 Å². The molecule has 1 aromatic carbocycles. The van der Waals surface area contributed by atoms with Gasteiger partial charge in [0, 0.05) is 17.3 Å². The molecule has 0 heterocycles. The van der Waals surface area contributed by atoms with Crippen molar-refractivity contribution in [3.05, 3.63) is 29.8 Å². The summed E-state index contributed by atoms with van der Waals surface area (Å²) in [5, 5.41) is 0.812. The van der Waals surface area contributed by atoms with Crippen LogP contribution in [0.1, 0.15) is 13.3 Å². The van der Waals surface area contributed by atoms with Crippen LogP contribution in [0.15, 0.2) is 18.2 Å². The van der Waals surface area contributed by atoms with E-state index >= 15 is 0 Å². The molecule has 0 aliphatic carbocycles. The molecule has 1 atom stereocenters. The van der Waals surface area contributed by atoms with Crippen LogP contribution in [0.5, 0.6) is 5.75 Å². The van der Waals surface area contributed by atoms with E-state index in [0.29, 0.717) is 12.5 Å². The Hall–Kier alpha value is -0.640. The molecular weight excluding hydrogens is 266 g/mol. The molecule has 0 saturated carbocycles. The molecule has 0 aliphatic rings. The zero-order chi connectivity index (χ0) is 11.3. The summed E-state index contributed by atoms with van der Waals surface area (Å²) in [7, 11) is 0. The first-order chi connectivity index (χ1) is 7.17. The van der Waals surface area contributed by atoms with Crippen molar-refractivity contribution in [3.63, 3.8) is 0 Å². The summed E-state index contributed by atoms with van der Waals surface area (Å²) >= 11 is 3.35. The third-order valence-corrected chi connectivity index (χ3v) is 3.08. The number of ether oxygens (including phenoxy) is 1. The van der Waals surface area contributed by atoms with Gasteiger partial charge in [-0.2, -0.15) is 0 Å². The highest BCUT2D eigenvalue weighted by molar-refractivity contribution is 9.09. The zero-order valence-electron chi connectivity index (χ0n) is 8.47. The van der Waals surface area contributed by atoms with Gasteiger partial charge in [-0.25, -0.2) is 8.78 Å². The number of benzene rings is 1. The minimum absolute atomic E-state index is 0.107. The average molecular weight is 279 g/mol. The van der Waals surface area contributed by atoms with E-state index in [1.165, 1.54) is 12.1 Å². The van der Waals surface area contributed by atoms with Crippen molar-refractivity contribution in [2.45, 2.75) is 13.3 Å². The van der Waals surface area contributed by atoms with Crippen molar-refractivity contribution in [2.24, 2.45) is 5.92 Å². The van der Waals surface area contributed by atoms with Gasteiger partial charge in [-0.15, -0.1) is 0 Å². The fourth-order valence-electron chi connectivity index (χ4n) is 1.07. The molecule has 1 aromatic rings. The maximum atomic E-state index is 13.1. The monoisotopic (exact) mass is 278 g/mol. The zero-order valence-corrected chi connectivity index (χ0v) is 10.1. The van der Waals surface area contributed by atoms with Crippen LogP contribution < -0.4 is 4.74 Å². The molecule has 0 fully saturated rings. The van der Waals surface area contributed by atoms with Gasteiger partial charge in [0.15, 0.2) is 11.6 Å². The van der Waals surface area contributed by atoms with Crippen LogP contribution in [0.2, 0.25) is 0 Å². The van der Waals surface area contributed by atoms with Crippen LogP contribution in [0, 0.1) is 17.6 Å². The summed E-state index contributed by atoms with van der Waals surface area (Å²) in [6.45, 7) is 2.47. The van der Waals surface area contributed by atoms with Gasteiger partial charge in [-0.3, -0.25) is 0 Å². The number of hydrogen-bond donors (Lipinski definition) is 0. The molecule has 0 amide bonds. The van der Waals surface area contributed by atoms with Crippen molar-refractivity contribution in [2.75, 3.05) is 11.9 Å². The fourth-order valence-corrected chi connectivity index (χ4v) is 1.72. The van der Waals surface area contributed by atoms with Gasteiger partial charge in [0.1, 0.15) is 5.82 Å². The second-order valence-corrected chi connectivity index (χ2v) is 3.96. The molecule has 0 aromatic heterocycles. The highest BCUT2D eigenvalue weighted by Gasteiger charge is 2.08. The summed E-state index contributed by atoms with van der Waals surface area (Å²) in [5.41, 5.74) is 0. The molecule has 0 saturated heterocycles. The number of hydrogen-bond acceptors (Lipinski definition) is 1. The normalized spacial score (nSPS) is 12.5. The van der Waals surface area contributed by atoms with Crippen molar-refractivity contribution in [1.29, 1.82) is 0 Å². The smallest absolute Gasteiger partial charge is 0.167 e. The van der Waals surface area contributed by atoms with E-state index in [9.17, 15) is 8.78 Å². The summed E-state index contributed by atoms with van der Waals surface area (Å²) in [5.74, 6) is -0.794.